The van der Waals surface area contributed by atoms with Gasteiger partial charge in [0.2, 0.25) is 0 Å². The minimum absolute atomic E-state index is 0.176. The third-order valence-corrected chi connectivity index (χ3v) is 1.92. The molecule has 0 amide bonds. The lowest BCUT2D eigenvalue weighted by molar-refractivity contribution is -0.141. The van der Waals surface area contributed by atoms with Gasteiger partial charge in [0.1, 0.15) is 0 Å². The average Bonchev–Trinajstić information content (AvgIpc) is 2.02. The molecule has 0 aromatic heterocycles. The van der Waals surface area contributed by atoms with E-state index in [1.807, 2.05) is 0 Å². The zero-order valence-corrected chi connectivity index (χ0v) is 8.61. The molecule has 0 heterocycles. The van der Waals surface area contributed by atoms with Gasteiger partial charge in [-0.2, -0.15) is 12.6 Å². The first kappa shape index (κ1) is 11.8. The monoisotopic (exact) mass is 190 g/mol. The van der Waals surface area contributed by atoms with Gasteiger partial charge in [0.25, 0.3) is 0 Å². The van der Waals surface area contributed by atoms with E-state index in [1.54, 1.807) is 0 Å². The topological polar surface area (TPSA) is 26.3 Å². The number of rotatable bonds is 7. The second-order valence-corrected chi connectivity index (χ2v) is 3.28. The van der Waals surface area contributed by atoms with Gasteiger partial charge >= 0.3 is 5.97 Å². The lowest BCUT2D eigenvalue weighted by Crippen LogP contribution is -2.00. The molecule has 0 bridgehead atoms. The van der Waals surface area contributed by atoms with E-state index in [1.165, 1.54) is 26.2 Å². The molecule has 0 aliphatic rings. The molecule has 72 valence electrons. The fourth-order valence-corrected chi connectivity index (χ4v) is 1.18. The summed E-state index contributed by atoms with van der Waals surface area (Å²) < 4.78 is 4.79. The van der Waals surface area contributed by atoms with E-state index in [2.05, 4.69) is 12.6 Å². The number of thiol groups is 1. The Morgan fingerprint density at radius 3 is 2.33 bits per heavy atom. The molecule has 0 atom stereocenters. The maximum Gasteiger partial charge on any atom is 0.302 e. The maximum atomic E-state index is 10.3. The van der Waals surface area contributed by atoms with Crippen LogP contribution in [0.25, 0.3) is 0 Å². The largest absolute Gasteiger partial charge is 0.466 e. The SMILES string of the molecule is CC(=O)OCCCCCCCS. The van der Waals surface area contributed by atoms with Crippen LogP contribution in [-0.4, -0.2) is 18.3 Å². The van der Waals surface area contributed by atoms with Crippen molar-refractivity contribution in [1.29, 1.82) is 0 Å². The molecule has 0 aliphatic carbocycles. The summed E-state index contributed by atoms with van der Waals surface area (Å²) in [5, 5.41) is 0. The third kappa shape index (κ3) is 9.82. The lowest BCUT2D eigenvalue weighted by Gasteiger charge is -2.01. The molecule has 0 radical (unpaired) electrons. The van der Waals surface area contributed by atoms with E-state index in [4.69, 9.17) is 4.74 Å². The molecule has 0 fully saturated rings. The van der Waals surface area contributed by atoms with Crippen molar-refractivity contribution < 1.29 is 9.53 Å². The standard InChI is InChI=1S/C9H18O2S/c1-9(10)11-7-5-3-2-4-6-8-12/h12H,2-8H2,1H3. The smallest absolute Gasteiger partial charge is 0.302 e. The predicted octanol–water partition coefficient (Wildman–Crippen LogP) is 2.43. The minimum atomic E-state index is -0.176. The van der Waals surface area contributed by atoms with Gasteiger partial charge in [0.15, 0.2) is 0 Å². The van der Waals surface area contributed by atoms with E-state index >= 15 is 0 Å². The number of hydrogen-bond acceptors (Lipinski definition) is 3. The average molecular weight is 190 g/mol. The van der Waals surface area contributed by atoms with Crippen LogP contribution in [0.1, 0.15) is 39.0 Å². The molecule has 0 aliphatic heterocycles. The Hall–Kier alpha value is -0.180. The van der Waals surface area contributed by atoms with Crippen LogP contribution in [0.3, 0.4) is 0 Å². The molecule has 12 heavy (non-hydrogen) atoms. The summed E-state index contributed by atoms with van der Waals surface area (Å²) in [7, 11) is 0. The Kier molecular flexibility index (Phi) is 8.78. The van der Waals surface area contributed by atoms with E-state index in [-0.39, 0.29) is 5.97 Å². The fourth-order valence-electron chi connectivity index (χ4n) is 0.960. The molecule has 0 aromatic carbocycles. The summed E-state index contributed by atoms with van der Waals surface area (Å²) in [6.07, 6.45) is 5.80. The van der Waals surface area contributed by atoms with Crippen LogP contribution in [0.15, 0.2) is 0 Å². The Morgan fingerprint density at radius 2 is 1.75 bits per heavy atom. The second kappa shape index (κ2) is 8.91. The molecular formula is C9H18O2S. The van der Waals surface area contributed by atoms with E-state index < -0.39 is 0 Å². The first-order valence-corrected chi connectivity index (χ1v) is 5.15. The van der Waals surface area contributed by atoms with Gasteiger partial charge in [-0.3, -0.25) is 4.79 Å². The number of carbonyl (C=O) groups excluding carboxylic acids is 1. The summed E-state index contributed by atoms with van der Waals surface area (Å²) >= 11 is 4.12. The van der Waals surface area contributed by atoms with Crippen LogP contribution in [0.2, 0.25) is 0 Å². The fraction of sp³-hybridized carbons (Fsp3) is 0.889. The number of hydrogen-bond donors (Lipinski definition) is 1. The maximum absolute atomic E-state index is 10.3. The zero-order chi connectivity index (χ0) is 9.23. The Morgan fingerprint density at radius 1 is 1.17 bits per heavy atom. The Bertz CT molecular complexity index is 115. The lowest BCUT2D eigenvalue weighted by atomic mass is 10.2. The van der Waals surface area contributed by atoms with Gasteiger partial charge in [0.05, 0.1) is 6.61 Å². The van der Waals surface area contributed by atoms with Crippen LogP contribution in [0, 0.1) is 0 Å². The van der Waals surface area contributed by atoms with Crippen molar-refractivity contribution in [3.05, 3.63) is 0 Å². The van der Waals surface area contributed by atoms with Gasteiger partial charge < -0.3 is 4.74 Å². The molecule has 0 spiro atoms. The minimum Gasteiger partial charge on any atom is -0.466 e. The summed E-state index contributed by atoms with van der Waals surface area (Å²) in [4.78, 5) is 10.3. The third-order valence-electron chi connectivity index (χ3n) is 1.61. The number of ether oxygens (including phenoxy) is 1. The van der Waals surface area contributed by atoms with Gasteiger partial charge in [-0.05, 0) is 18.6 Å². The summed E-state index contributed by atoms with van der Waals surface area (Å²) in [6, 6.07) is 0. The van der Waals surface area contributed by atoms with Crippen molar-refractivity contribution in [2.75, 3.05) is 12.4 Å². The van der Waals surface area contributed by atoms with Gasteiger partial charge in [-0.1, -0.05) is 19.3 Å². The molecule has 0 saturated heterocycles. The molecular weight excluding hydrogens is 172 g/mol. The highest BCUT2D eigenvalue weighted by molar-refractivity contribution is 7.80. The molecule has 3 heteroatoms. The highest BCUT2D eigenvalue weighted by Gasteiger charge is 1.92. The van der Waals surface area contributed by atoms with Crippen molar-refractivity contribution in [1.82, 2.24) is 0 Å². The van der Waals surface area contributed by atoms with Crippen LogP contribution in [0.5, 0.6) is 0 Å². The van der Waals surface area contributed by atoms with Gasteiger partial charge in [0, 0.05) is 6.92 Å². The summed E-state index contributed by atoms with van der Waals surface area (Å²) in [5.74, 6) is 0.801. The van der Waals surface area contributed by atoms with Crippen molar-refractivity contribution in [2.24, 2.45) is 0 Å². The van der Waals surface area contributed by atoms with Crippen LogP contribution < -0.4 is 0 Å². The van der Waals surface area contributed by atoms with Gasteiger partial charge in [-0.15, -0.1) is 0 Å². The van der Waals surface area contributed by atoms with Gasteiger partial charge in [-0.25, -0.2) is 0 Å². The molecule has 0 N–H and O–H groups in total. The van der Waals surface area contributed by atoms with Crippen LogP contribution >= 0.6 is 12.6 Å². The summed E-state index contributed by atoms with van der Waals surface area (Å²) in [6.45, 7) is 2.02. The number of unbranched alkanes of at least 4 members (excludes halogenated alkanes) is 4. The Labute approximate surface area is 80.1 Å². The highest BCUT2D eigenvalue weighted by atomic mass is 32.1. The molecule has 0 unspecified atom stereocenters. The summed E-state index contributed by atoms with van der Waals surface area (Å²) in [5.41, 5.74) is 0. The normalized spacial score (nSPS) is 9.83. The molecule has 0 saturated carbocycles. The van der Waals surface area contributed by atoms with E-state index in [0.717, 1.165) is 18.6 Å². The predicted molar refractivity (Wildman–Crippen MR) is 53.6 cm³/mol. The van der Waals surface area contributed by atoms with Crippen molar-refractivity contribution in [3.8, 4) is 0 Å². The Balaban J connectivity index is 2.86. The quantitative estimate of drug-likeness (QED) is 0.379. The molecule has 2 nitrogen and oxygen atoms in total. The van der Waals surface area contributed by atoms with E-state index in [9.17, 15) is 4.79 Å². The van der Waals surface area contributed by atoms with Crippen LogP contribution in [-0.2, 0) is 9.53 Å². The highest BCUT2D eigenvalue weighted by Crippen LogP contribution is 2.03. The first-order valence-electron chi connectivity index (χ1n) is 4.51. The molecule has 0 aromatic rings. The molecule has 0 rings (SSSR count). The van der Waals surface area contributed by atoms with Crippen LogP contribution in [0.4, 0.5) is 0 Å². The number of esters is 1. The van der Waals surface area contributed by atoms with Crippen molar-refractivity contribution in [3.63, 3.8) is 0 Å². The zero-order valence-electron chi connectivity index (χ0n) is 7.71. The number of carbonyl (C=O) groups is 1. The first-order chi connectivity index (χ1) is 5.77. The van der Waals surface area contributed by atoms with Crippen molar-refractivity contribution in [2.45, 2.75) is 39.0 Å². The van der Waals surface area contributed by atoms with E-state index in [0.29, 0.717) is 6.61 Å². The van der Waals surface area contributed by atoms with Crippen molar-refractivity contribution >= 4 is 18.6 Å². The second-order valence-electron chi connectivity index (χ2n) is 2.83.